The van der Waals surface area contributed by atoms with Gasteiger partial charge in [-0.3, -0.25) is 4.79 Å². The van der Waals surface area contributed by atoms with Crippen LogP contribution in [0.25, 0.3) is 11.3 Å². The highest BCUT2D eigenvalue weighted by molar-refractivity contribution is 5.89. The molecule has 0 fully saturated rings. The molecule has 7 nitrogen and oxygen atoms in total. The number of aliphatic hydroxyl groups is 2. The van der Waals surface area contributed by atoms with Gasteiger partial charge in [0, 0.05) is 5.56 Å². The fourth-order valence-electron chi connectivity index (χ4n) is 2.32. The van der Waals surface area contributed by atoms with Gasteiger partial charge in [0.25, 0.3) is 5.91 Å². The zero-order valence-corrected chi connectivity index (χ0v) is 14.0. The maximum Gasteiger partial charge on any atom is 0.286 e. The Hall–Kier alpha value is -3.36. The van der Waals surface area contributed by atoms with E-state index in [1.807, 2.05) is 0 Å². The predicted molar refractivity (Wildman–Crippen MR) is 94.5 cm³/mol. The molecule has 0 saturated carbocycles. The third-order valence-electron chi connectivity index (χ3n) is 3.68. The number of carbonyl (C=O) groups excluding carboxylic acids is 1. The zero-order valence-electron chi connectivity index (χ0n) is 14.0. The average Bonchev–Trinajstić information content (AvgIpc) is 2.69. The fourth-order valence-corrected chi connectivity index (χ4v) is 2.32. The molecular weight excluding hydrogens is 353 g/mol. The highest BCUT2D eigenvalue weighted by atomic mass is 19.1. The molecule has 8 heteroatoms. The van der Waals surface area contributed by atoms with Crippen molar-refractivity contribution in [1.82, 2.24) is 9.97 Å². The van der Waals surface area contributed by atoms with Gasteiger partial charge >= 0.3 is 0 Å². The maximum absolute atomic E-state index is 12.9. The molecular formula is C19H16FN3O4. The standard InChI is InChI=1S/C19H16FN3O4/c20-12-3-7-14(8-4-12)27-13-5-1-11(2-6-13)15-9-16(17(25)10-24)23-19(22-15)18(21)26/h1-9,17,24-25H,10H2,(H2,21,26). The minimum absolute atomic E-state index is 0.0861. The summed E-state index contributed by atoms with van der Waals surface area (Å²) in [7, 11) is 0. The van der Waals surface area contributed by atoms with Gasteiger partial charge < -0.3 is 20.7 Å². The smallest absolute Gasteiger partial charge is 0.286 e. The average molecular weight is 369 g/mol. The second kappa shape index (κ2) is 7.90. The summed E-state index contributed by atoms with van der Waals surface area (Å²) in [6, 6.07) is 13.8. The van der Waals surface area contributed by atoms with Crippen LogP contribution in [0.1, 0.15) is 22.4 Å². The van der Waals surface area contributed by atoms with Crippen LogP contribution in [0.2, 0.25) is 0 Å². The Kier molecular flexibility index (Phi) is 5.39. The van der Waals surface area contributed by atoms with Crippen LogP contribution in [-0.4, -0.2) is 32.7 Å². The number of aromatic nitrogens is 2. The number of nitrogens with zero attached hydrogens (tertiary/aromatic N) is 2. The van der Waals surface area contributed by atoms with Crippen LogP contribution >= 0.6 is 0 Å². The second-order valence-corrected chi connectivity index (χ2v) is 5.64. The van der Waals surface area contributed by atoms with Crippen LogP contribution in [0.4, 0.5) is 4.39 Å². The van der Waals surface area contributed by atoms with Crippen molar-refractivity contribution in [2.45, 2.75) is 6.10 Å². The Morgan fingerprint density at radius 2 is 1.67 bits per heavy atom. The van der Waals surface area contributed by atoms with E-state index in [2.05, 4.69) is 9.97 Å². The van der Waals surface area contributed by atoms with Crippen LogP contribution in [0.3, 0.4) is 0 Å². The van der Waals surface area contributed by atoms with E-state index < -0.39 is 18.6 Å². The Morgan fingerprint density at radius 1 is 1.07 bits per heavy atom. The van der Waals surface area contributed by atoms with E-state index in [9.17, 15) is 14.3 Å². The number of hydrogen-bond acceptors (Lipinski definition) is 6. The van der Waals surface area contributed by atoms with E-state index in [0.29, 0.717) is 22.8 Å². The third kappa shape index (κ3) is 4.43. The molecule has 0 saturated heterocycles. The van der Waals surface area contributed by atoms with E-state index in [1.54, 1.807) is 24.3 Å². The normalized spacial score (nSPS) is 11.8. The van der Waals surface area contributed by atoms with Crippen molar-refractivity contribution in [3.05, 3.63) is 71.9 Å². The van der Waals surface area contributed by atoms with Gasteiger partial charge in [0.05, 0.1) is 18.0 Å². The van der Waals surface area contributed by atoms with E-state index >= 15 is 0 Å². The second-order valence-electron chi connectivity index (χ2n) is 5.64. The Morgan fingerprint density at radius 3 is 2.22 bits per heavy atom. The molecule has 1 amide bonds. The number of ether oxygens (including phenoxy) is 1. The van der Waals surface area contributed by atoms with E-state index in [1.165, 1.54) is 30.3 Å². The first kappa shape index (κ1) is 18.4. The molecule has 27 heavy (non-hydrogen) atoms. The zero-order chi connectivity index (χ0) is 19.4. The first-order valence-corrected chi connectivity index (χ1v) is 7.98. The highest BCUT2D eigenvalue weighted by Gasteiger charge is 2.15. The lowest BCUT2D eigenvalue weighted by atomic mass is 10.1. The number of amides is 1. The summed E-state index contributed by atoms with van der Waals surface area (Å²) in [6.07, 6.45) is -1.26. The molecule has 0 bridgehead atoms. The van der Waals surface area contributed by atoms with Crippen molar-refractivity contribution < 1.29 is 24.1 Å². The summed E-state index contributed by atoms with van der Waals surface area (Å²) in [4.78, 5) is 19.4. The molecule has 1 aromatic heterocycles. The van der Waals surface area contributed by atoms with E-state index in [0.717, 1.165) is 0 Å². The van der Waals surface area contributed by atoms with Crippen LogP contribution in [0.5, 0.6) is 11.5 Å². The molecule has 1 atom stereocenters. The van der Waals surface area contributed by atoms with Gasteiger partial charge in [-0.25, -0.2) is 14.4 Å². The molecule has 3 aromatic rings. The number of benzene rings is 2. The monoisotopic (exact) mass is 369 g/mol. The number of nitrogens with two attached hydrogens (primary N) is 1. The quantitative estimate of drug-likeness (QED) is 0.613. The molecule has 0 aliphatic heterocycles. The molecule has 0 spiro atoms. The summed E-state index contributed by atoms with van der Waals surface area (Å²) in [6.45, 7) is -0.556. The molecule has 4 N–H and O–H groups in total. The Balaban J connectivity index is 1.88. The number of aliphatic hydroxyl groups excluding tert-OH is 2. The highest BCUT2D eigenvalue weighted by Crippen LogP contribution is 2.26. The number of halogens is 1. The Bertz CT molecular complexity index is 946. The van der Waals surface area contributed by atoms with Crippen molar-refractivity contribution in [2.24, 2.45) is 5.73 Å². The largest absolute Gasteiger partial charge is 0.457 e. The summed E-state index contributed by atoms with van der Waals surface area (Å²) in [5.74, 6) is -0.463. The molecule has 2 aromatic carbocycles. The lowest BCUT2D eigenvalue weighted by Gasteiger charge is -2.11. The predicted octanol–water partition coefficient (Wildman–Crippen LogP) is 2.20. The molecule has 138 valence electrons. The third-order valence-corrected chi connectivity index (χ3v) is 3.68. The fraction of sp³-hybridized carbons (Fsp3) is 0.105. The van der Waals surface area contributed by atoms with Crippen molar-refractivity contribution in [3.63, 3.8) is 0 Å². The van der Waals surface area contributed by atoms with E-state index in [4.69, 9.17) is 15.6 Å². The van der Waals surface area contributed by atoms with Crippen molar-refractivity contribution in [3.8, 4) is 22.8 Å². The summed E-state index contributed by atoms with van der Waals surface area (Å²) in [5.41, 5.74) is 6.30. The van der Waals surface area contributed by atoms with Crippen molar-refractivity contribution in [2.75, 3.05) is 6.61 Å². The van der Waals surface area contributed by atoms with Crippen LogP contribution in [0.15, 0.2) is 54.6 Å². The van der Waals surface area contributed by atoms with Crippen LogP contribution in [0, 0.1) is 5.82 Å². The SMILES string of the molecule is NC(=O)c1nc(-c2ccc(Oc3ccc(F)cc3)cc2)cc(C(O)CO)n1. The minimum atomic E-state index is -1.26. The summed E-state index contributed by atoms with van der Waals surface area (Å²) < 4.78 is 18.6. The molecule has 1 unspecified atom stereocenters. The molecule has 0 radical (unpaired) electrons. The lowest BCUT2D eigenvalue weighted by molar-refractivity contribution is 0.0909. The lowest BCUT2D eigenvalue weighted by Crippen LogP contribution is -2.18. The van der Waals surface area contributed by atoms with Gasteiger partial charge in [0.2, 0.25) is 5.82 Å². The molecule has 0 aliphatic rings. The molecule has 3 rings (SSSR count). The first-order valence-electron chi connectivity index (χ1n) is 7.98. The van der Waals surface area contributed by atoms with Crippen molar-refractivity contribution >= 4 is 5.91 Å². The molecule has 1 heterocycles. The number of carbonyl (C=O) groups is 1. The van der Waals surface area contributed by atoms with Gasteiger partial charge in [-0.1, -0.05) is 0 Å². The van der Waals surface area contributed by atoms with Gasteiger partial charge in [-0.15, -0.1) is 0 Å². The van der Waals surface area contributed by atoms with Gasteiger partial charge in [-0.05, 0) is 54.6 Å². The maximum atomic E-state index is 12.9. The number of rotatable bonds is 6. The van der Waals surface area contributed by atoms with E-state index in [-0.39, 0.29) is 17.3 Å². The number of hydrogen-bond donors (Lipinski definition) is 3. The minimum Gasteiger partial charge on any atom is -0.457 e. The van der Waals surface area contributed by atoms with Crippen LogP contribution in [-0.2, 0) is 0 Å². The first-order chi connectivity index (χ1) is 13.0. The Labute approximate surface area is 153 Å². The number of primary amides is 1. The summed E-state index contributed by atoms with van der Waals surface area (Å²) >= 11 is 0. The van der Waals surface area contributed by atoms with Gasteiger partial charge in [-0.2, -0.15) is 0 Å². The van der Waals surface area contributed by atoms with Gasteiger partial charge in [0.1, 0.15) is 23.4 Å². The topological polar surface area (TPSA) is 119 Å². The molecule has 0 aliphatic carbocycles. The van der Waals surface area contributed by atoms with Crippen molar-refractivity contribution in [1.29, 1.82) is 0 Å². The van der Waals surface area contributed by atoms with Crippen LogP contribution < -0.4 is 10.5 Å². The van der Waals surface area contributed by atoms with Gasteiger partial charge in [0.15, 0.2) is 0 Å². The summed E-state index contributed by atoms with van der Waals surface area (Å²) in [5, 5.41) is 18.9.